The van der Waals surface area contributed by atoms with Crippen LogP contribution in [0.2, 0.25) is 0 Å². The first-order chi connectivity index (χ1) is 15.6. The van der Waals surface area contributed by atoms with E-state index in [4.69, 9.17) is 10.4 Å². The standard InChI is InChI=1S/C21H16F4N4O3S/c22-14-7-10(2-3-12(14)18(30)31)29-17-16(33-17)28(19(32)20(29)4-1-5-20)11-6-13(21(23,24)25)15(8-26)27-9-11/h2-3,6-7,9,16-17,19,32H,1,4-5H2,(H,30,31). The van der Waals surface area contributed by atoms with Gasteiger partial charge in [0, 0.05) is 5.69 Å². The van der Waals surface area contributed by atoms with Crippen molar-refractivity contribution in [2.24, 2.45) is 0 Å². The van der Waals surface area contributed by atoms with E-state index in [1.165, 1.54) is 34.9 Å². The molecule has 2 N–H and O–H groups in total. The Morgan fingerprint density at radius 1 is 1.24 bits per heavy atom. The van der Waals surface area contributed by atoms with E-state index in [-0.39, 0.29) is 11.1 Å². The molecular weight excluding hydrogens is 464 g/mol. The van der Waals surface area contributed by atoms with Gasteiger partial charge in [0.2, 0.25) is 0 Å². The SMILES string of the molecule is N#Cc1ncc(N2C3SC3N(c3ccc(C(=O)O)c(F)c3)C3(CCC3)C2O)cc1C(F)(F)F. The average Bonchev–Trinajstić information content (AvgIpc) is 3.50. The number of fused-ring (bicyclic) bond motifs is 1. The summed E-state index contributed by atoms with van der Waals surface area (Å²) in [7, 11) is 0. The number of aliphatic hydroxyl groups is 1. The lowest BCUT2D eigenvalue weighted by Crippen LogP contribution is -2.71. The van der Waals surface area contributed by atoms with Crippen LogP contribution in [0.5, 0.6) is 0 Å². The highest BCUT2D eigenvalue weighted by Gasteiger charge is 2.66. The second-order valence-electron chi connectivity index (χ2n) is 8.19. The van der Waals surface area contributed by atoms with Gasteiger partial charge in [-0.05, 0) is 43.5 Å². The van der Waals surface area contributed by atoms with Gasteiger partial charge < -0.3 is 20.0 Å². The Morgan fingerprint density at radius 2 is 1.97 bits per heavy atom. The van der Waals surface area contributed by atoms with Crippen LogP contribution in [0.4, 0.5) is 28.9 Å². The maximum absolute atomic E-state index is 14.4. The third-order valence-corrected chi connectivity index (χ3v) is 7.66. The van der Waals surface area contributed by atoms with Crippen molar-refractivity contribution in [1.29, 1.82) is 5.26 Å². The summed E-state index contributed by atoms with van der Waals surface area (Å²) < 4.78 is 54.8. The Balaban J connectivity index is 1.54. The Bertz CT molecular complexity index is 1200. The minimum atomic E-state index is -4.78. The molecule has 2 aromatic rings. The minimum Gasteiger partial charge on any atom is -0.478 e. The fourth-order valence-corrected chi connectivity index (χ4v) is 5.99. The number of halogens is 4. The van der Waals surface area contributed by atoms with Crippen LogP contribution in [0.3, 0.4) is 0 Å². The first-order valence-corrected chi connectivity index (χ1v) is 10.9. The van der Waals surface area contributed by atoms with Gasteiger partial charge in [-0.2, -0.15) is 18.4 Å². The highest BCUT2D eigenvalue weighted by atomic mass is 32.2. The summed E-state index contributed by atoms with van der Waals surface area (Å²) in [4.78, 5) is 18.2. The van der Waals surface area contributed by atoms with Crippen molar-refractivity contribution in [3.05, 3.63) is 53.1 Å². The molecule has 12 heteroatoms. The van der Waals surface area contributed by atoms with E-state index in [1.807, 2.05) is 4.90 Å². The maximum Gasteiger partial charge on any atom is 0.419 e. The first-order valence-electron chi connectivity index (χ1n) is 10.00. The number of carboxylic acid groups (broad SMARTS) is 1. The number of alkyl halides is 3. The van der Waals surface area contributed by atoms with Gasteiger partial charge in [0.25, 0.3) is 0 Å². The van der Waals surface area contributed by atoms with Crippen LogP contribution >= 0.6 is 11.8 Å². The van der Waals surface area contributed by atoms with Crippen LogP contribution < -0.4 is 9.80 Å². The number of nitrogens with zero attached hydrogens (tertiary/aromatic N) is 4. The normalized spacial score (nSPS) is 25.3. The summed E-state index contributed by atoms with van der Waals surface area (Å²) in [6.45, 7) is 0. The fraction of sp³-hybridized carbons (Fsp3) is 0.381. The number of anilines is 2. The predicted molar refractivity (Wildman–Crippen MR) is 110 cm³/mol. The molecule has 7 nitrogen and oxygen atoms in total. The minimum absolute atomic E-state index is 0.0483. The number of hydrogen-bond acceptors (Lipinski definition) is 7. The molecule has 0 radical (unpaired) electrons. The van der Waals surface area contributed by atoms with Crippen molar-refractivity contribution in [2.75, 3.05) is 9.80 Å². The topological polar surface area (TPSA) is 101 Å². The monoisotopic (exact) mass is 480 g/mol. The average molecular weight is 480 g/mol. The number of aliphatic hydroxyl groups excluding tert-OH is 1. The van der Waals surface area contributed by atoms with Gasteiger partial charge in [0.05, 0.1) is 28.6 Å². The zero-order chi connectivity index (χ0) is 23.7. The summed E-state index contributed by atoms with van der Waals surface area (Å²) >= 11 is 1.38. The van der Waals surface area contributed by atoms with Crippen molar-refractivity contribution in [2.45, 2.75) is 48.0 Å². The van der Waals surface area contributed by atoms with Crippen LogP contribution in [0, 0.1) is 17.1 Å². The van der Waals surface area contributed by atoms with E-state index >= 15 is 0 Å². The second kappa shape index (κ2) is 7.23. The number of aromatic nitrogens is 1. The third kappa shape index (κ3) is 3.21. The largest absolute Gasteiger partial charge is 0.478 e. The van der Waals surface area contributed by atoms with Crippen LogP contribution in [-0.4, -0.2) is 43.7 Å². The summed E-state index contributed by atoms with van der Waals surface area (Å²) in [5.41, 5.74) is -2.81. The zero-order valence-electron chi connectivity index (χ0n) is 16.8. The number of aromatic carboxylic acids is 1. The van der Waals surface area contributed by atoms with E-state index < -0.39 is 51.9 Å². The number of pyridine rings is 1. The molecule has 3 heterocycles. The lowest BCUT2D eigenvalue weighted by Gasteiger charge is -2.59. The molecule has 0 bridgehead atoms. The lowest BCUT2D eigenvalue weighted by atomic mass is 9.71. The molecule has 3 aliphatic rings. The van der Waals surface area contributed by atoms with Crippen LogP contribution in [0.1, 0.15) is 40.9 Å². The van der Waals surface area contributed by atoms with Gasteiger partial charge in [-0.25, -0.2) is 14.2 Å². The number of benzene rings is 1. The Kier molecular flexibility index (Phi) is 4.77. The molecule has 33 heavy (non-hydrogen) atoms. The van der Waals surface area contributed by atoms with E-state index in [2.05, 4.69) is 4.98 Å². The van der Waals surface area contributed by atoms with Gasteiger partial charge in [-0.15, -0.1) is 11.8 Å². The summed E-state index contributed by atoms with van der Waals surface area (Å²) in [6.07, 6.45) is -3.05. The Labute approximate surface area is 189 Å². The number of carbonyl (C=O) groups is 1. The van der Waals surface area contributed by atoms with E-state index in [0.29, 0.717) is 18.5 Å². The highest BCUT2D eigenvalue weighted by molar-refractivity contribution is 8.08. The van der Waals surface area contributed by atoms with Gasteiger partial charge >= 0.3 is 12.1 Å². The Hall–Kier alpha value is -3.04. The molecule has 1 aromatic heterocycles. The van der Waals surface area contributed by atoms with Crippen molar-refractivity contribution < 1.29 is 32.6 Å². The number of nitriles is 1. The molecular formula is C21H16F4N4O3S. The van der Waals surface area contributed by atoms with Gasteiger partial charge in [0.15, 0.2) is 11.9 Å². The van der Waals surface area contributed by atoms with Crippen molar-refractivity contribution >= 4 is 29.1 Å². The van der Waals surface area contributed by atoms with E-state index in [0.717, 1.165) is 24.8 Å². The summed E-state index contributed by atoms with van der Waals surface area (Å²) in [5, 5.41) is 28.8. The van der Waals surface area contributed by atoms with Gasteiger partial charge in [-0.1, -0.05) is 0 Å². The number of carboxylic acids is 1. The van der Waals surface area contributed by atoms with Crippen molar-refractivity contribution in [3.63, 3.8) is 0 Å². The summed E-state index contributed by atoms with van der Waals surface area (Å²) in [5.74, 6) is -2.30. The molecule has 3 unspecified atom stereocenters. The molecule has 3 atom stereocenters. The number of hydrogen-bond donors (Lipinski definition) is 2. The highest BCUT2D eigenvalue weighted by Crippen LogP contribution is 2.61. The van der Waals surface area contributed by atoms with Gasteiger partial charge in [-0.3, -0.25) is 0 Å². The van der Waals surface area contributed by atoms with Gasteiger partial charge in [0.1, 0.15) is 22.6 Å². The molecule has 1 saturated carbocycles. The van der Waals surface area contributed by atoms with Crippen LogP contribution in [-0.2, 0) is 6.18 Å². The first kappa shape index (κ1) is 21.8. The Morgan fingerprint density at radius 3 is 2.52 bits per heavy atom. The van der Waals surface area contributed by atoms with Crippen molar-refractivity contribution in [1.82, 2.24) is 4.98 Å². The molecule has 1 spiro atoms. The molecule has 3 fully saturated rings. The van der Waals surface area contributed by atoms with E-state index in [1.54, 1.807) is 0 Å². The molecule has 2 aliphatic heterocycles. The molecule has 2 saturated heterocycles. The van der Waals surface area contributed by atoms with E-state index in [9.17, 15) is 27.5 Å². The molecule has 0 amide bonds. The number of piperazine rings is 1. The maximum atomic E-state index is 14.4. The lowest BCUT2D eigenvalue weighted by molar-refractivity contribution is -0.138. The fourth-order valence-electron chi connectivity index (χ4n) is 4.72. The molecule has 172 valence electrons. The number of rotatable bonds is 3. The molecule has 1 aliphatic carbocycles. The van der Waals surface area contributed by atoms with Crippen LogP contribution in [0.25, 0.3) is 0 Å². The second-order valence-corrected chi connectivity index (χ2v) is 9.43. The third-order valence-electron chi connectivity index (χ3n) is 6.46. The molecule has 5 rings (SSSR count). The number of thioether (sulfide) groups is 1. The molecule has 1 aromatic carbocycles. The quantitative estimate of drug-likeness (QED) is 0.506. The predicted octanol–water partition coefficient (Wildman–Crippen LogP) is 3.78. The summed E-state index contributed by atoms with van der Waals surface area (Å²) in [6, 6.07) is 6.04. The zero-order valence-corrected chi connectivity index (χ0v) is 17.6. The smallest absolute Gasteiger partial charge is 0.419 e. The van der Waals surface area contributed by atoms with Crippen molar-refractivity contribution in [3.8, 4) is 6.07 Å². The van der Waals surface area contributed by atoms with Crippen LogP contribution in [0.15, 0.2) is 30.5 Å².